The van der Waals surface area contributed by atoms with E-state index >= 15 is 0 Å². The van der Waals surface area contributed by atoms with Gasteiger partial charge in [-0.2, -0.15) is 5.10 Å². The maximum atomic E-state index is 11.7. The Labute approximate surface area is 94.3 Å². The lowest BCUT2D eigenvalue weighted by molar-refractivity contribution is -0.130. The van der Waals surface area contributed by atoms with Gasteiger partial charge in [0.25, 0.3) is 5.91 Å². The number of nitrogens with one attached hydrogen (secondary N) is 1. The van der Waals surface area contributed by atoms with Gasteiger partial charge in [0.05, 0.1) is 0 Å². The van der Waals surface area contributed by atoms with Crippen LogP contribution in [0.2, 0.25) is 0 Å². The Morgan fingerprint density at radius 2 is 2.31 bits per heavy atom. The SMILES string of the molecule is CC(CCO)NC(=O)C1=NN(C)C(=O)CC1. The number of amides is 2. The Morgan fingerprint density at radius 1 is 1.62 bits per heavy atom. The molecule has 0 bridgehead atoms. The summed E-state index contributed by atoms with van der Waals surface area (Å²) in [5.74, 6) is -0.347. The minimum atomic E-state index is -0.264. The summed E-state index contributed by atoms with van der Waals surface area (Å²) in [7, 11) is 1.53. The van der Waals surface area contributed by atoms with Crippen LogP contribution in [-0.4, -0.2) is 47.3 Å². The van der Waals surface area contributed by atoms with Crippen molar-refractivity contribution in [2.24, 2.45) is 5.10 Å². The molecule has 2 N–H and O–H groups in total. The number of hydrazone groups is 1. The van der Waals surface area contributed by atoms with Gasteiger partial charge in [-0.25, -0.2) is 5.01 Å². The van der Waals surface area contributed by atoms with Gasteiger partial charge >= 0.3 is 0 Å². The molecule has 2 amide bonds. The maximum absolute atomic E-state index is 11.7. The molecule has 1 heterocycles. The summed E-state index contributed by atoms with van der Waals surface area (Å²) in [5, 5.41) is 16.5. The number of aliphatic hydroxyl groups is 1. The number of hydrogen-bond donors (Lipinski definition) is 2. The first-order chi connectivity index (χ1) is 7.54. The van der Waals surface area contributed by atoms with Crippen LogP contribution in [0.1, 0.15) is 26.2 Å². The molecular formula is C10H17N3O3. The molecule has 6 nitrogen and oxygen atoms in total. The van der Waals surface area contributed by atoms with E-state index in [0.717, 1.165) is 0 Å². The smallest absolute Gasteiger partial charge is 0.267 e. The first-order valence-corrected chi connectivity index (χ1v) is 5.30. The lowest BCUT2D eigenvalue weighted by Crippen LogP contribution is -2.41. The van der Waals surface area contributed by atoms with E-state index < -0.39 is 0 Å². The molecule has 1 aliphatic heterocycles. The normalized spacial score (nSPS) is 18.1. The number of aliphatic hydroxyl groups excluding tert-OH is 1. The molecule has 0 aromatic heterocycles. The Bertz CT molecular complexity index is 314. The predicted octanol–water partition coefficient (Wildman–Crippen LogP) is -0.518. The third kappa shape index (κ3) is 3.30. The Hall–Kier alpha value is -1.43. The number of carbonyl (C=O) groups excluding carboxylic acids is 2. The second kappa shape index (κ2) is 5.60. The third-order valence-electron chi connectivity index (χ3n) is 2.41. The summed E-state index contributed by atoms with van der Waals surface area (Å²) in [6.45, 7) is 1.85. The van der Waals surface area contributed by atoms with Gasteiger partial charge in [0.15, 0.2) is 0 Å². The molecule has 0 saturated heterocycles. The van der Waals surface area contributed by atoms with Gasteiger partial charge in [-0.15, -0.1) is 0 Å². The van der Waals surface area contributed by atoms with Crippen molar-refractivity contribution in [3.05, 3.63) is 0 Å². The zero-order valence-electron chi connectivity index (χ0n) is 9.56. The van der Waals surface area contributed by atoms with Crippen molar-refractivity contribution in [2.45, 2.75) is 32.2 Å². The van der Waals surface area contributed by atoms with Crippen molar-refractivity contribution >= 4 is 17.5 Å². The minimum Gasteiger partial charge on any atom is -0.396 e. The van der Waals surface area contributed by atoms with Gasteiger partial charge in [-0.3, -0.25) is 9.59 Å². The Balaban J connectivity index is 2.54. The van der Waals surface area contributed by atoms with Crippen LogP contribution in [0.3, 0.4) is 0 Å². The van der Waals surface area contributed by atoms with E-state index in [1.165, 1.54) is 12.1 Å². The average molecular weight is 227 g/mol. The molecule has 0 aromatic rings. The van der Waals surface area contributed by atoms with Gasteiger partial charge in [0, 0.05) is 32.5 Å². The zero-order chi connectivity index (χ0) is 12.1. The molecule has 90 valence electrons. The fourth-order valence-corrected chi connectivity index (χ4v) is 1.41. The fraction of sp³-hybridized carbons (Fsp3) is 0.700. The highest BCUT2D eigenvalue weighted by Crippen LogP contribution is 2.07. The second-order valence-corrected chi connectivity index (χ2v) is 3.85. The molecule has 0 aromatic carbocycles. The van der Waals surface area contributed by atoms with Gasteiger partial charge in [0.1, 0.15) is 5.71 Å². The number of nitrogens with zero attached hydrogens (tertiary/aromatic N) is 2. The quantitative estimate of drug-likeness (QED) is 0.678. The number of hydrogen-bond acceptors (Lipinski definition) is 4. The van der Waals surface area contributed by atoms with E-state index in [9.17, 15) is 9.59 Å². The van der Waals surface area contributed by atoms with Gasteiger partial charge in [0.2, 0.25) is 5.91 Å². The zero-order valence-corrected chi connectivity index (χ0v) is 9.56. The maximum Gasteiger partial charge on any atom is 0.267 e. The highest BCUT2D eigenvalue weighted by atomic mass is 16.3. The van der Waals surface area contributed by atoms with E-state index in [1.807, 2.05) is 6.92 Å². The molecule has 1 rings (SSSR count). The van der Waals surface area contributed by atoms with Crippen LogP contribution in [0.5, 0.6) is 0 Å². The molecule has 0 aliphatic carbocycles. The molecule has 1 aliphatic rings. The van der Waals surface area contributed by atoms with Crippen molar-refractivity contribution < 1.29 is 14.7 Å². The number of carbonyl (C=O) groups is 2. The average Bonchev–Trinajstić information content (AvgIpc) is 2.22. The van der Waals surface area contributed by atoms with E-state index in [2.05, 4.69) is 10.4 Å². The summed E-state index contributed by atoms with van der Waals surface area (Å²) >= 11 is 0. The van der Waals surface area contributed by atoms with Crippen LogP contribution < -0.4 is 5.32 Å². The van der Waals surface area contributed by atoms with Crippen molar-refractivity contribution in [3.8, 4) is 0 Å². The van der Waals surface area contributed by atoms with Crippen LogP contribution in [0, 0.1) is 0 Å². The van der Waals surface area contributed by atoms with Crippen molar-refractivity contribution in [1.29, 1.82) is 0 Å². The van der Waals surface area contributed by atoms with E-state index in [1.54, 1.807) is 0 Å². The molecule has 0 saturated carbocycles. The molecule has 16 heavy (non-hydrogen) atoms. The predicted molar refractivity (Wildman–Crippen MR) is 58.7 cm³/mol. The Kier molecular flexibility index (Phi) is 4.42. The van der Waals surface area contributed by atoms with Crippen LogP contribution in [0.25, 0.3) is 0 Å². The van der Waals surface area contributed by atoms with Gasteiger partial charge in [-0.05, 0) is 13.3 Å². The molecule has 6 heteroatoms. The summed E-state index contributed by atoms with van der Waals surface area (Å²) in [5.41, 5.74) is 0.367. The van der Waals surface area contributed by atoms with Gasteiger partial charge < -0.3 is 10.4 Å². The molecule has 0 spiro atoms. The second-order valence-electron chi connectivity index (χ2n) is 3.85. The van der Waals surface area contributed by atoms with Crippen LogP contribution in [0.4, 0.5) is 0 Å². The topological polar surface area (TPSA) is 82.0 Å². The summed E-state index contributed by atoms with van der Waals surface area (Å²) in [6, 6.07) is -0.0943. The van der Waals surface area contributed by atoms with E-state index in [0.29, 0.717) is 25.0 Å². The van der Waals surface area contributed by atoms with Gasteiger partial charge in [-0.1, -0.05) is 0 Å². The van der Waals surface area contributed by atoms with Crippen molar-refractivity contribution in [1.82, 2.24) is 10.3 Å². The van der Waals surface area contributed by atoms with E-state index in [-0.39, 0.29) is 24.5 Å². The number of rotatable bonds is 4. The molecule has 1 unspecified atom stereocenters. The van der Waals surface area contributed by atoms with Crippen LogP contribution in [-0.2, 0) is 9.59 Å². The summed E-state index contributed by atoms with van der Waals surface area (Å²) in [4.78, 5) is 22.8. The molecule has 0 fully saturated rings. The summed E-state index contributed by atoms with van der Waals surface area (Å²) < 4.78 is 0. The lowest BCUT2D eigenvalue weighted by Gasteiger charge is -2.20. The Morgan fingerprint density at radius 3 is 2.88 bits per heavy atom. The van der Waals surface area contributed by atoms with E-state index in [4.69, 9.17) is 5.11 Å². The monoisotopic (exact) mass is 227 g/mol. The highest BCUT2D eigenvalue weighted by molar-refractivity contribution is 6.39. The van der Waals surface area contributed by atoms with Crippen molar-refractivity contribution in [2.75, 3.05) is 13.7 Å². The third-order valence-corrected chi connectivity index (χ3v) is 2.41. The standard InChI is InChI=1S/C10H17N3O3/c1-7(5-6-14)11-10(16)8-3-4-9(15)13(2)12-8/h7,14H,3-6H2,1-2H3,(H,11,16). The first-order valence-electron chi connectivity index (χ1n) is 5.30. The highest BCUT2D eigenvalue weighted by Gasteiger charge is 2.22. The molecule has 0 radical (unpaired) electrons. The molecular weight excluding hydrogens is 210 g/mol. The largest absolute Gasteiger partial charge is 0.396 e. The van der Waals surface area contributed by atoms with Crippen molar-refractivity contribution in [3.63, 3.8) is 0 Å². The summed E-state index contributed by atoms with van der Waals surface area (Å²) in [6.07, 6.45) is 1.20. The van der Waals surface area contributed by atoms with Crippen LogP contribution in [0.15, 0.2) is 5.10 Å². The fourth-order valence-electron chi connectivity index (χ4n) is 1.41. The lowest BCUT2D eigenvalue weighted by atomic mass is 10.1. The minimum absolute atomic E-state index is 0.0340. The first kappa shape index (κ1) is 12.6. The van der Waals surface area contributed by atoms with Crippen LogP contribution >= 0.6 is 0 Å². The molecule has 1 atom stereocenters.